The van der Waals surface area contributed by atoms with Gasteiger partial charge < -0.3 is 0 Å². The van der Waals surface area contributed by atoms with E-state index in [0.29, 0.717) is 0 Å². The molecule has 0 saturated carbocycles. The molecule has 5 heteroatoms. The molecule has 0 atom stereocenters. The normalized spacial score (nSPS) is 11.8. The van der Waals surface area contributed by atoms with E-state index in [1.165, 1.54) is 16.7 Å². The zero-order chi connectivity index (χ0) is 14.5. The van der Waals surface area contributed by atoms with Gasteiger partial charge >= 0.3 is 10.4 Å². The zero-order valence-corrected chi connectivity index (χ0v) is 12.8. The molecule has 1 rings (SSSR count). The lowest BCUT2D eigenvalue weighted by atomic mass is 9.92. The molecule has 1 aromatic carbocycles. The SMILES string of the molecule is CCc1ccc(COS(=O)(=O)OC)c(CC)c1CC. The minimum absolute atomic E-state index is 0.0241. The molecule has 0 radical (unpaired) electrons. The maximum absolute atomic E-state index is 11.2. The van der Waals surface area contributed by atoms with Gasteiger partial charge in [-0.2, -0.15) is 8.42 Å². The Morgan fingerprint density at radius 2 is 1.47 bits per heavy atom. The van der Waals surface area contributed by atoms with E-state index in [0.717, 1.165) is 31.9 Å². The fourth-order valence-corrected chi connectivity index (χ4v) is 2.69. The molecule has 19 heavy (non-hydrogen) atoms. The molecule has 0 saturated heterocycles. The Bertz CT molecular complexity index is 520. The Kier molecular flexibility index (Phi) is 5.97. The van der Waals surface area contributed by atoms with Gasteiger partial charge in [0, 0.05) is 0 Å². The zero-order valence-electron chi connectivity index (χ0n) is 12.0. The fraction of sp³-hybridized carbons (Fsp3) is 0.571. The van der Waals surface area contributed by atoms with Crippen molar-refractivity contribution in [2.45, 2.75) is 46.6 Å². The van der Waals surface area contributed by atoms with Gasteiger partial charge in [0.1, 0.15) is 0 Å². The summed E-state index contributed by atoms with van der Waals surface area (Å²) >= 11 is 0. The van der Waals surface area contributed by atoms with Gasteiger partial charge in [0.05, 0.1) is 13.7 Å². The van der Waals surface area contributed by atoms with Gasteiger partial charge in [-0.3, -0.25) is 4.18 Å². The molecule has 108 valence electrons. The van der Waals surface area contributed by atoms with Crippen molar-refractivity contribution >= 4 is 10.4 Å². The minimum atomic E-state index is -3.88. The van der Waals surface area contributed by atoms with Gasteiger partial charge in [0.2, 0.25) is 0 Å². The molecule has 0 N–H and O–H groups in total. The highest BCUT2D eigenvalue weighted by molar-refractivity contribution is 7.81. The monoisotopic (exact) mass is 286 g/mol. The van der Waals surface area contributed by atoms with Crippen molar-refractivity contribution in [3.05, 3.63) is 34.4 Å². The van der Waals surface area contributed by atoms with E-state index in [-0.39, 0.29) is 6.61 Å². The van der Waals surface area contributed by atoms with E-state index in [1.54, 1.807) is 0 Å². The average molecular weight is 286 g/mol. The summed E-state index contributed by atoms with van der Waals surface area (Å²) in [6.45, 7) is 6.34. The van der Waals surface area contributed by atoms with Crippen molar-refractivity contribution in [2.75, 3.05) is 7.11 Å². The second-order valence-corrected chi connectivity index (χ2v) is 5.62. The third-order valence-corrected chi connectivity index (χ3v) is 4.09. The van der Waals surface area contributed by atoms with Crippen molar-refractivity contribution in [2.24, 2.45) is 0 Å². The van der Waals surface area contributed by atoms with Crippen LogP contribution in [0.5, 0.6) is 0 Å². The lowest BCUT2D eigenvalue weighted by Gasteiger charge is -2.16. The van der Waals surface area contributed by atoms with Crippen LogP contribution in [0.25, 0.3) is 0 Å². The van der Waals surface area contributed by atoms with Crippen LogP contribution >= 0.6 is 0 Å². The maximum Gasteiger partial charge on any atom is 0.399 e. The summed E-state index contributed by atoms with van der Waals surface area (Å²) in [6.07, 6.45) is 2.79. The van der Waals surface area contributed by atoms with Crippen LogP contribution in [0.3, 0.4) is 0 Å². The smallest absolute Gasteiger partial charge is 0.252 e. The molecule has 0 aromatic heterocycles. The number of hydrogen-bond acceptors (Lipinski definition) is 4. The van der Waals surface area contributed by atoms with Gasteiger partial charge in [-0.1, -0.05) is 32.9 Å². The van der Waals surface area contributed by atoms with Crippen LogP contribution < -0.4 is 0 Å². The number of benzene rings is 1. The van der Waals surface area contributed by atoms with Crippen LogP contribution in [0, 0.1) is 0 Å². The van der Waals surface area contributed by atoms with Gasteiger partial charge in [-0.05, 0) is 41.5 Å². The molecule has 0 heterocycles. The molecule has 0 amide bonds. The molecule has 4 nitrogen and oxygen atoms in total. The highest BCUT2D eigenvalue weighted by atomic mass is 32.3. The highest BCUT2D eigenvalue weighted by Gasteiger charge is 2.14. The van der Waals surface area contributed by atoms with Crippen molar-refractivity contribution in [3.8, 4) is 0 Å². The van der Waals surface area contributed by atoms with Crippen LogP contribution in [-0.4, -0.2) is 15.5 Å². The minimum Gasteiger partial charge on any atom is -0.252 e. The molecule has 0 bridgehead atoms. The number of hydrogen-bond donors (Lipinski definition) is 0. The van der Waals surface area contributed by atoms with Crippen LogP contribution in [0.15, 0.2) is 12.1 Å². The molecule has 0 aliphatic rings. The Morgan fingerprint density at radius 1 is 0.947 bits per heavy atom. The van der Waals surface area contributed by atoms with Crippen LogP contribution in [0.2, 0.25) is 0 Å². The summed E-state index contributed by atoms with van der Waals surface area (Å²) in [5, 5.41) is 0. The Labute approximate surface area is 116 Å². The van der Waals surface area contributed by atoms with Crippen LogP contribution in [-0.2, 0) is 44.6 Å². The molecular weight excluding hydrogens is 264 g/mol. The first-order valence-corrected chi connectivity index (χ1v) is 7.89. The first-order chi connectivity index (χ1) is 8.99. The largest absolute Gasteiger partial charge is 0.399 e. The lowest BCUT2D eigenvalue weighted by molar-refractivity contribution is 0.235. The molecule has 0 fully saturated rings. The molecule has 0 aliphatic carbocycles. The fourth-order valence-electron chi connectivity index (χ4n) is 2.32. The topological polar surface area (TPSA) is 52.6 Å². The molecule has 0 spiro atoms. The Hall–Kier alpha value is -0.910. The van der Waals surface area contributed by atoms with Gasteiger partial charge in [0.15, 0.2) is 0 Å². The average Bonchev–Trinajstić information content (AvgIpc) is 2.43. The second kappa shape index (κ2) is 7.03. The Balaban J connectivity index is 3.08. The first-order valence-electron chi connectivity index (χ1n) is 6.56. The number of rotatable bonds is 7. The van der Waals surface area contributed by atoms with E-state index >= 15 is 0 Å². The van der Waals surface area contributed by atoms with E-state index in [1.807, 2.05) is 6.07 Å². The highest BCUT2D eigenvalue weighted by Crippen LogP contribution is 2.23. The summed E-state index contributed by atoms with van der Waals surface area (Å²) < 4.78 is 31.5. The number of aryl methyl sites for hydroxylation is 1. The van der Waals surface area contributed by atoms with Crippen molar-refractivity contribution in [3.63, 3.8) is 0 Å². The van der Waals surface area contributed by atoms with E-state index in [4.69, 9.17) is 4.18 Å². The third-order valence-electron chi connectivity index (χ3n) is 3.28. The summed E-state index contributed by atoms with van der Waals surface area (Å²) in [4.78, 5) is 0. The maximum atomic E-state index is 11.2. The standard InChI is InChI=1S/C14H22O4S/c1-5-11-8-9-12(10-18-19(15,16)17-4)14(7-3)13(11)6-2/h8-9H,5-7,10H2,1-4H3. The van der Waals surface area contributed by atoms with E-state index in [2.05, 4.69) is 31.0 Å². The molecule has 0 aliphatic heterocycles. The first kappa shape index (κ1) is 16.1. The van der Waals surface area contributed by atoms with Crippen molar-refractivity contribution in [1.29, 1.82) is 0 Å². The molecule has 0 unspecified atom stereocenters. The summed E-state index contributed by atoms with van der Waals surface area (Å²) in [5.41, 5.74) is 4.73. The second-order valence-electron chi connectivity index (χ2n) is 4.24. The quantitative estimate of drug-likeness (QED) is 0.773. The predicted octanol–water partition coefficient (Wildman–Crippen LogP) is 2.78. The van der Waals surface area contributed by atoms with Crippen molar-refractivity contribution in [1.82, 2.24) is 0 Å². The predicted molar refractivity (Wildman–Crippen MR) is 75.3 cm³/mol. The Morgan fingerprint density at radius 3 is 1.95 bits per heavy atom. The van der Waals surface area contributed by atoms with Gasteiger partial charge in [0.25, 0.3) is 0 Å². The molecular formula is C14H22O4S. The molecule has 1 aromatic rings. The van der Waals surface area contributed by atoms with Crippen LogP contribution in [0.4, 0.5) is 0 Å². The van der Waals surface area contributed by atoms with E-state index < -0.39 is 10.4 Å². The summed E-state index contributed by atoms with van der Waals surface area (Å²) in [7, 11) is -2.79. The summed E-state index contributed by atoms with van der Waals surface area (Å²) in [6, 6.07) is 4.00. The van der Waals surface area contributed by atoms with Crippen molar-refractivity contribution < 1.29 is 16.8 Å². The van der Waals surface area contributed by atoms with E-state index in [9.17, 15) is 8.42 Å². The summed E-state index contributed by atoms with van der Waals surface area (Å²) in [5.74, 6) is 0. The van der Waals surface area contributed by atoms with Gasteiger partial charge in [-0.15, -0.1) is 0 Å². The third kappa shape index (κ3) is 4.03. The van der Waals surface area contributed by atoms with Crippen LogP contribution in [0.1, 0.15) is 43.0 Å². The lowest BCUT2D eigenvalue weighted by Crippen LogP contribution is -2.10. The van der Waals surface area contributed by atoms with Gasteiger partial charge in [-0.25, -0.2) is 4.18 Å².